The van der Waals surface area contributed by atoms with Crippen LogP contribution in [0.15, 0.2) is 54.9 Å². The van der Waals surface area contributed by atoms with Gasteiger partial charge < -0.3 is 9.64 Å². The standard InChI is InChI=1S/C22H21N5O/c1-14(2)28-17-5-6-19-18(11-17)22(26-25-19)15-7-9-24-21(10-15)27-12-16-4-3-8-23-20(16)13-27/h3-11,14H,12-13H2,1-2H3,(H,25,26). The number of ether oxygens (including phenoxy) is 1. The minimum absolute atomic E-state index is 0.130. The van der Waals surface area contributed by atoms with Gasteiger partial charge in [-0.2, -0.15) is 5.10 Å². The third-order valence-electron chi connectivity index (χ3n) is 4.94. The van der Waals surface area contributed by atoms with Crippen molar-refractivity contribution in [2.24, 2.45) is 0 Å². The fourth-order valence-electron chi connectivity index (χ4n) is 3.66. The van der Waals surface area contributed by atoms with Crippen molar-refractivity contribution in [1.29, 1.82) is 0 Å². The van der Waals surface area contributed by atoms with Gasteiger partial charge in [-0.1, -0.05) is 6.07 Å². The fourth-order valence-corrected chi connectivity index (χ4v) is 3.66. The first-order valence-electron chi connectivity index (χ1n) is 9.46. The Morgan fingerprint density at radius 2 is 1.96 bits per heavy atom. The van der Waals surface area contributed by atoms with E-state index in [4.69, 9.17) is 4.74 Å². The summed E-state index contributed by atoms with van der Waals surface area (Å²) in [5.74, 6) is 1.78. The molecule has 1 aromatic carbocycles. The van der Waals surface area contributed by atoms with Crippen LogP contribution in [0.2, 0.25) is 0 Å². The van der Waals surface area contributed by atoms with Crippen molar-refractivity contribution >= 4 is 16.7 Å². The molecule has 0 atom stereocenters. The van der Waals surface area contributed by atoms with Crippen molar-refractivity contribution in [3.05, 3.63) is 66.1 Å². The maximum atomic E-state index is 5.85. The third kappa shape index (κ3) is 2.97. The van der Waals surface area contributed by atoms with Crippen LogP contribution >= 0.6 is 0 Å². The van der Waals surface area contributed by atoms with E-state index in [2.05, 4.69) is 37.2 Å². The first kappa shape index (κ1) is 16.7. The number of aromatic amines is 1. The lowest BCUT2D eigenvalue weighted by Crippen LogP contribution is -2.16. The van der Waals surface area contributed by atoms with Crippen molar-refractivity contribution in [2.75, 3.05) is 4.90 Å². The van der Waals surface area contributed by atoms with E-state index < -0.39 is 0 Å². The van der Waals surface area contributed by atoms with Gasteiger partial charge in [0.1, 0.15) is 17.3 Å². The van der Waals surface area contributed by atoms with Crippen molar-refractivity contribution in [1.82, 2.24) is 20.2 Å². The Bertz CT molecular complexity index is 1130. The maximum Gasteiger partial charge on any atom is 0.129 e. The fraction of sp³-hybridized carbons (Fsp3) is 0.227. The molecule has 0 amide bonds. The van der Waals surface area contributed by atoms with Crippen molar-refractivity contribution < 1.29 is 4.74 Å². The molecule has 1 N–H and O–H groups in total. The average Bonchev–Trinajstić information content (AvgIpc) is 3.31. The summed E-state index contributed by atoms with van der Waals surface area (Å²) in [6.07, 6.45) is 3.82. The van der Waals surface area contributed by atoms with E-state index in [1.54, 1.807) is 0 Å². The van der Waals surface area contributed by atoms with Gasteiger partial charge in [0.25, 0.3) is 0 Å². The van der Waals surface area contributed by atoms with Gasteiger partial charge in [-0.25, -0.2) is 4.98 Å². The predicted octanol–water partition coefficient (Wildman–Crippen LogP) is 4.33. The lowest BCUT2D eigenvalue weighted by Gasteiger charge is -2.16. The summed E-state index contributed by atoms with van der Waals surface area (Å²) in [5.41, 5.74) is 5.30. The SMILES string of the molecule is CC(C)Oc1ccc2[nH]nc(-c3ccnc(N4Cc5cccnc5C4)c3)c2c1. The molecule has 140 valence electrons. The number of aromatic nitrogens is 4. The zero-order valence-electron chi connectivity index (χ0n) is 15.9. The topological polar surface area (TPSA) is 66.9 Å². The van der Waals surface area contributed by atoms with Gasteiger partial charge >= 0.3 is 0 Å². The molecule has 1 aliphatic rings. The van der Waals surface area contributed by atoms with Gasteiger partial charge in [0.05, 0.1) is 23.9 Å². The molecule has 0 radical (unpaired) electrons. The Balaban J connectivity index is 1.50. The second-order valence-electron chi connectivity index (χ2n) is 7.31. The second kappa shape index (κ2) is 6.64. The number of nitrogens with one attached hydrogen (secondary N) is 1. The number of hydrogen-bond donors (Lipinski definition) is 1. The molecule has 4 heterocycles. The van der Waals surface area contributed by atoms with Crippen molar-refractivity contribution in [2.45, 2.75) is 33.0 Å². The molecule has 6 heteroatoms. The molecule has 0 spiro atoms. The first-order valence-corrected chi connectivity index (χ1v) is 9.46. The summed E-state index contributed by atoms with van der Waals surface area (Å²) >= 11 is 0. The molecule has 0 aliphatic carbocycles. The number of nitrogens with zero attached hydrogens (tertiary/aromatic N) is 4. The molecular formula is C22H21N5O. The molecule has 0 unspecified atom stereocenters. The average molecular weight is 371 g/mol. The van der Waals surface area contributed by atoms with Crippen LogP contribution in [0.3, 0.4) is 0 Å². The van der Waals surface area contributed by atoms with Crippen LogP contribution < -0.4 is 9.64 Å². The van der Waals surface area contributed by atoms with Crippen molar-refractivity contribution in [3.63, 3.8) is 0 Å². The van der Waals surface area contributed by atoms with E-state index in [-0.39, 0.29) is 6.10 Å². The van der Waals surface area contributed by atoms with E-state index >= 15 is 0 Å². The van der Waals surface area contributed by atoms with E-state index in [1.165, 1.54) is 5.56 Å². The monoisotopic (exact) mass is 371 g/mol. The van der Waals surface area contributed by atoms with E-state index in [1.807, 2.05) is 56.6 Å². The third-order valence-corrected chi connectivity index (χ3v) is 4.94. The number of fused-ring (bicyclic) bond motifs is 2. The molecule has 28 heavy (non-hydrogen) atoms. The number of rotatable bonds is 4. The molecule has 3 aromatic heterocycles. The van der Waals surface area contributed by atoms with Crippen LogP contribution in [-0.2, 0) is 13.1 Å². The Morgan fingerprint density at radius 3 is 2.82 bits per heavy atom. The quantitative estimate of drug-likeness (QED) is 0.578. The molecule has 4 aromatic rings. The van der Waals surface area contributed by atoms with Gasteiger partial charge in [0.15, 0.2) is 0 Å². The lowest BCUT2D eigenvalue weighted by atomic mass is 10.1. The first-order chi connectivity index (χ1) is 13.7. The molecular weight excluding hydrogens is 350 g/mol. The summed E-state index contributed by atoms with van der Waals surface area (Å²) in [6, 6.07) is 14.2. The van der Waals surface area contributed by atoms with Gasteiger partial charge in [0, 0.05) is 29.9 Å². The predicted molar refractivity (Wildman–Crippen MR) is 109 cm³/mol. The minimum atomic E-state index is 0.130. The Morgan fingerprint density at radius 1 is 1.04 bits per heavy atom. The molecule has 1 aliphatic heterocycles. The summed E-state index contributed by atoms with van der Waals surface area (Å²) in [7, 11) is 0. The molecule has 5 rings (SSSR count). The summed E-state index contributed by atoms with van der Waals surface area (Å²) in [6.45, 7) is 5.66. The van der Waals surface area contributed by atoms with E-state index in [9.17, 15) is 0 Å². The van der Waals surface area contributed by atoms with Crippen LogP contribution in [0.25, 0.3) is 22.2 Å². The molecule has 0 bridgehead atoms. The van der Waals surface area contributed by atoms with Gasteiger partial charge in [-0.05, 0) is 55.8 Å². The zero-order chi connectivity index (χ0) is 19.1. The summed E-state index contributed by atoms with van der Waals surface area (Å²) < 4.78 is 5.85. The van der Waals surface area contributed by atoms with Gasteiger partial charge in [0.2, 0.25) is 0 Å². The highest BCUT2D eigenvalue weighted by Crippen LogP contribution is 2.32. The summed E-state index contributed by atoms with van der Waals surface area (Å²) in [5, 5.41) is 8.72. The Kier molecular flexibility index (Phi) is 3.97. The Hall–Kier alpha value is -3.41. The van der Waals surface area contributed by atoms with E-state index in [0.29, 0.717) is 0 Å². The number of hydrogen-bond acceptors (Lipinski definition) is 5. The molecule has 0 saturated heterocycles. The molecule has 0 saturated carbocycles. The normalized spacial score (nSPS) is 13.3. The van der Waals surface area contributed by atoms with E-state index in [0.717, 1.165) is 52.5 Å². The number of benzene rings is 1. The van der Waals surface area contributed by atoms with Crippen LogP contribution in [0, 0.1) is 0 Å². The lowest BCUT2D eigenvalue weighted by molar-refractivity contribution is 0.243. The highest BCUT2D eigenvalue weighted by molar-refractivity contribution is 5.94. The van der Waals surface area contributed by atoms with Gasteiger partial charge in [-0.3, -0.25) is 10.1 Å². The number of anilines is 1. The van der Waals surface area contributed by atoms with Crippen LogP contribution in [0.1, 0.15) is 25.1 Å². The summed E-state index contributed by atoms with van der Waals surface area (Å²) in [4.78, 5) is 11.3. The van der Waals surface area contributed by atoms with Crippen LogP contribution in [0.5, 0.6) is 5.75 Å². The second-order valence-corrected chi connectivity index (χ2v) is 7.31. The highest BCUT2D eigenvalue weighted by atomic mass is 16.5. The maximum absolute atomic E-state index is 5.85. The van der Waals surface area contributed by atoms with Gasteiger partial charge in [-0.15, -0.1) is 0 Å². The van der Waals surface area contributed by atoms with Crippen LogP contribution in [-0.4, -0.2) is 26.3 Å². The minimum Gasteiger partial charge on any atom is -0.491 e. The van der Waals surface area contributed by atoms with Crippen molar-refractivity contribution in [3.8, 4) is 17.0 Å². The Labute approximate surface area is 163 Å². The molecule has 6 nitrogen and oxygen atoms in total. The smallest absolute Gasteiger partial charge is 0.129 e. The number of pyridine rings is 2. The zero-order valence-corrected chi connectivity index (χ0v) is 15.9. The van der Waals surface area contributed by atoms with Crippen LogP contribution in [0.4, 0.5) is 5.82 Å². The largest absolute Gasteiger partial charge is 0.491 e. The highest BCUT2D eigenvalue weighted by Gasteiger charge is 2.21. The number of H-pyrrole nitrogens is 1. The molecule has 0 fully saturated rings.